The van der Waals surface area contributed by atoms with Gasteiger partial charge in [0.1, 0.15) is 12.7 Å². The molecule has 0 bridgehead atoms. The highest BCUT2D eigenvalue weighted by Gasteiger charge is 2.49. The molecule has 0 N–H and O–H groups in total. The van der Waals surface area contributed by atoms with Crippen molar-refractivity contribution in [3.8, 4) is 0 Å². The Morgan fingerprint density at radius 1 is 0.538 bits per heavy atom. The van der Waals surface area contributed by atoms with Gasteiger partial charge in [0.05, 0.1) is 12.0 Å². The van der Waals surface area contributed by atoms with Crippen molar-refractivity contribution in [2.24, 2.45) is 5.41 Å². The lowest BCUT2D eigenvalue weighted by molar-refractivity contribution is -0.181. The molecule has 2 rings (SSSR count). The molecule has 2 fully saturated rings. The highest BCUT2D eigenvalue weighted by Crippen LogP contribution is 2.32. The zero-order chi connectivity index (χ0) is 47.2. The van der Waals surface area contributed by atoms with Crippen LogP contribution in [-0.2, 0) is 42.9 Å². The van der Waals surface area contributed by atoms with E-state index in [1.807, 2.05) is 14.0 Å². The molecule has 10 heteroatoms. The number of esters is 4. The second-order valence-electron chi connectivity index (χ2n) is 20.3. The molecule has 0 amide bonds. The maximum absolute atomic E-state index is 13.5. The number of hydrogen-bond acceptors (Lipinski definition) is 10. The topological polar surface area (TPSA) is 118 Å². The van der Waals surface area contributed by atoms with Gasteiger partial charge in [0.15, 0.2) is 18.3 Å². The summed E-state index contributed by atoms with van der Waals surface area (Å²) < 4.78 is 30.4. The van der Waals surface area contributed by atoms with Crippen LogP contribution in [0.1, 0.15) is 265 Å². The average Bonchev–Trinajstić information content (AvgIpc) is 3.85. The molecular weight excluding hydrogens is 819 g/mol. The molecule has 2 heterocycles. The van der Waals surface area contributed by atoms with Gasteiger partial charge in [-0.05, 0) is 46.2 Å². The number of rotatable bonds is 43. The van der Waals surface area contributed by atoms with Crippen molar-refractivity contribution in [3.63, 3.8) is 0 Å². The lowest BCUT2D eigenvalue weighted by atomic mass is 9.90. The number of likely N-dealkylation sites (tertiary alicyclic amines) is 1. The second-order valence-corrected chi connectivity index (χ2v) is 20.3. The molecule has 0 aromatic rings. The number of hydrogen-bond donors (Lipinski definition) is 0. The molecule has 0 saturated carbocycles. The molecule has 2 aliphatic rings. The summed E-state index contributed by atoms with van der Waals surface area (Å²) in [6.45, 7) is 9.76. The van der Waals surface area contributed by atoms with Crippen LogP contribution in [0.5, 0.6) is 0 Å². The summed E-state index contributed by atoms with van der Waals surface area (Å²) in [5.41, 5.74) is -0.678. The first kappa shape index (κ1) is 58.9. The molecule has 2 unspecified atom stereocenters. The number of ether oxygens (including phenoxy) is 5. The van der Waals surface area contributed by atoms with E-state index in [1.165, 1.54) is 148 Å². The summed E-state index contributed by atoms with van der Waals surface area (Å²) in [7, 11) is 1.98. The van der Waals surface area contributed by atoms with Gasteiger partial charge in [-0.25, -0.2) is 0 Å². The SMILES string of the molecule is CCCCCCCCCCCCCC(=O)O[C@H]1COC([C@@H](COC(=O)C2(C)CCN(C)C2)OC(=O)CCCCCCCCCCCCC)[C@@H]1OC(=O)CCCCCCCCCCCCC. The fraction of sp³-hybridized carbons (Fsp3) is 0.927. The van der Waals surface area contributed by atoms with Crippen molar-refractivity contribution >= 4 is 23.9 Å². The summed E-state index contributed by atoms with van der Waals surface area (Å²) in [4.78, 5) is 55.8. The quantitative estimate of drug-likeness (QED) is 0.0332. The Balaban J connectivity index is 2.02. The molecule has 0 aliphatic carbocycles. The van der Waals surface area contributed by atoms with Crippen molar-refractivity contribution in [2.45, 2.75) is 290 Å². The minimum Gasteiger partial charge on any atom is -0.461 e. The highest BCUT2D eigenvalue weighted by molar-refractivity contribution is 5.77. The first-order valence-corrected chi connectivity index (χ1v) is 27.7. The van der Waals surface area contributed by atoms with Crippen LogP contribution in [0.2, 0.25) is 0 Å². The van der Waals surface area contributed by atoms with Crippen LogP contribution in [0.4, 0.5) is 0 Å². The summed E-state index contributed by atoms with van der Waals surface area (Å²) in [5, 5.41) is 0. The number of carbonyl (C=O) groups is 4. The summed E-state index contributed by atoms with van der Waals surface area (Å²) in [6.07, 6.45) is 36.5. The molecule has 10 nitrogen and oxygen atoms in total. The first-order chi connectivity index (χ1) is 31.6. The fourth-order valence-electron chi connectivity index (χ4n) is 9.52. The van der Waals surface area contributed by atoms with Crippen molar-refractivity contribution in [1.82, 2.24) is 4.90 Å². The van der Waals surface area contributed by atoms with E-state index in [0.717, 1.165) is 57.9 Å². The number of carbonyl (C=O) groups excluding carboxylic acids is 4. The summed E-state index contributed by atoms with van der Waals surface area (Å²) in [6, 6.07) is 0. The Kier molecular flexibility index (Phi) is 35.1. The molecule has 380 valence electrons. The van der Waals surface area contributed by atoms with E-state index in [2.05, 4.69) is 25.7 Å². The Morgan fingerprint density at radius 2 is 0.908 bits per heavy atom. The molecule has 0 aromatic carbocycles. The number of unbranched alkanes of at least 4 members (excludes halogenated alkanes) is 30. The standard InChI is InChI=1S/C55H101NO9/c1-6-9-12-15-18-21-24-27-30-33-36-39-49(57)63-47(45-62-54(60)55(4)42-43-56(5)46-55)52-53(65-51(59)41-38-35-32-29-26-23-20-17-14-11-8-3)48(44-61-52)64-50(58)40-37-34-31-28-25-22-19-16-13-10-7-2/h47-48,52-53H,6-46H2,1-5H3/t47-,48+,52?,53-,55?/m1/s1. The van der Waals surface area contributed by atoms with Crippen molar-refractivity contribution in [1.29, 1.82) is 0 Å². The van der Waals surface area contributed by atoms with Crippen LogP contribution < -0.4 is 0 Å². The predicted molar refractivity (Wildman–Crippen MR) is 264 cm³/mol. The Labute approximate surface area is 398 Å². The van der Waals surface area contributed by atoms with Gasteiger partial charge >= 0.3 is 23.9 Å². The molecule has 0 aromatic heterocycles. The Hall–Kier alpha value is -2.20. The summed E-state index contributed by atoms with van der Waals surface area (Å²) >= 11 is 0. The molecule has 0 radical (unpaired) electrons. The van der Waals surface area contributed by atoms with Gasteiger partial charge in [-0.2, -0.15) is 0 Å². The van der Waals surface area contributed by atoms with Gasteiger partial charge in [-0.15, -0.1) is 0 Å². The molecule has 2 aliphatic heterocycles. The molecular formula is C55H101NO9. The number of nitrogens with zero attached hydrogens (tertiary/aromatic N) is 1. The maximum atomic E-state index is 13.5. The van der Waals surface area contributed by atoms with Gasteiger partial charge in [-0.3, -0.25) is 19.2 Å². The van der Waals surface area contributed by atoms with Gasteiger partial charge in [0.25, 0.3) is 0 Å². The van der Waals surface area contributed by atoms with E-state index in [1.54, 1.807) is 0 Å². The summed E-state index contributed by atoms with van der Waals surface area (Å²) in [5.74, 6) is -1.50. The van der Waals surface area contributed by atoms with E-state index in [4.69, 9.17) is 23.7 Å². The minimum absolute atomic E-state index is 0.00579. The van der Waals surface area contributed by atoms with Crippen LogP contribution in [0, 0.1) is 5.41 Å². The normalized spacial score (nSPS) is 20.2. The smallest absolute Gasteiger partial charge is 0.313 e. The van der Waals surface area contributed by atoms with Crippen LogP contribution in [0.3, 0.4) is 0 Å². The van der Waals surface area contributed by atoms with Crippen LogP contribution in [0.25, 0.3) is 0 Å². The largest absolute Gasteiger partial charge is 0.461 e. The molecule has 65 heavy (non-hydrogen) atoms. The lowest BCUT2D eigenvalue weighted by Gasteiger charge is -2.30. The lowest BCUT2D eigenvalue weighted by Crippen LogP contribution is -2.47. The van der Waals surface area contributed by atoms with Crippen LogP contribution in [0.15, 0.2) is 0 Å². The van der Waals surface area contributed by atoms with E-state index in [9.17, 15) is 19.2 Å². The Morgan fingerprint density at radius 3 is 1.29 bits per heavy atom. The van der Waals surface area contributed by atoms with Gasteiger partial charge in [-0.1, -0.05) is 213 Å². The van der Waals surface area contributed by atoms with Crippen LogP contribution in [-0.4, -0.2) is 86.5 Å². The van der Waals surface area contributed by atoms with E-state index in [-0.39, 0.29) is 44.4 Å². The molecule has 2 saturated heterocycles. The first-order valence-electron chi connectivity index (χ1n) is 27.7. The van der Waals surface area contributed by atoms with Gasteiger partial charge in [0.2, 0.25) is 0 Å². The van der Waals surface area contributed by atoms with Crippen molar-refractivity contribution < 1.29 is 42.9 Å². The van der Waals surface area contributed by atoms with E-state index < -0.39 is 41.8 Å². The van der Waals surface area contributed by atoms with Gasteiger partial charge < -0.3 is 28.6 Å². The third-order valence-electron chi connectivity index (χ3n) is 13.8. The fourth-order valence-corrected chi connectivity index (χ4v) is 9.52. The van der Waals surface area contributed by atoms with Crippen molar-refractivity contribution in [2.75, 3.05) is 33.4 Å². The Bertz CT molecular complexity index is 1210. The maximum Gasteiger partial charge on any atom is 0.313 e. The average molecular weight is 920 g/mol. The van der Waals surface area contributed by atoms with E-state index >= 15 is 0 Å². The monoisotopic (exact) mass is 920 g/mol. The molecule has 5 atom stereocenters. The minimum atomic E-state index is -1.03. The third kappa shape index (κ3) is 28.7. The van der Waals surface area contributed by atoms with Crippen molar-refractivity contribution in [3.05, 3.63) is 0 Å². The van der Waals surface area contributed by atoms with Crippen LogP contribution >= 0.6 is 0 Å². The highest BCUT2D eigenvalue weighted by atomic mass is 16.7. The predicted octanol–water partition coefficient (Wildman–Crippen LogP) is 14.1. The second kappa shape index (κ2) is 38.7. The zero-order valence-electron chi connectivity index (χ0n) is 42.9. The van der Waals surface area contributed by atoms with Gasteiger partial charge in [0, 0.05) is 25.8 Å². The third-order valence-corrected chi connectivity index (χ3v) is 13.8. The van der Waals surface area contributed by atoms with E-state index in [0.29, 0.717) is 25.8 Å². The zero-order valence-corrected chi connectivity index (χ0v) is 42.9. The molecule has 0 spiro atoms.